The van der Waals surface area contributed by atoms with Gasteiger partial charge in [-0.3, -0.25) is 0 Å². The zero-order valence-corrected chi connectivity index (χ0v) is 10.9. The molecule has 0 saturated carbocycles. The van der Waals surface area contributed by atoms with Crippen molar-refractivity contribution in [3.8, 4) is 11.5 Å². The summed E-state index contributed by atoms with van der Waals surface area (Å²) in [5.41, 5.74) is 6.42. The van der Waals surface area contributed by atoms with Crippen molar-refractivity contribution in [1.29, 1.82) is 0 Å². The third kappa shape index (κ3) is 3.37. The fourth-order valence-corrected chi connectivity index (χ4v) is 1.50. The van der Waals surface area contributed by atoms with Crippen LogP contribution in [0.3, 0.4) is 0 Å². The second kappa shape index (κ2) is 6.86. The van der Waals surface area contributed by atoms with E-state index >= 15 is 0 Å². The van der Waals surface area contributed by atoms with E-state index in [0.29, 0.717) is 24.7 Å². The lowest BCUT2D eigenvalue weighted by atomic mass is 10.2. The van der Waals surface area contributed by atoms with E-state index in [2.05, 4.69) is 0 Å². The Morgan fingerprint density at radius 2 is 2.17 bits per heavy atom. The summed E-state index contributed by atoms with van der Waals surface area (Å²) < 4.78 is 15.7. The maximum Gasteiger partial charge on any atom is 0.347 e. The van der Waals surface area contributed by atoms with Gasteiger partial charge in [0.15, 0.2) is 17.6 Å². The van der Waals surface area contributed by atoms with Crippen molar-refractivity contribution in [1.82, 2.24) is 0 Å². The number of benzene rings is 1. The number of para-hydroxylation sites is 1. The molecule has 1 atom stereocenters. The number of ether oxygens (including phenoxy) is 3. The van der Waals surface area contributed by atoms with Gasteiger partial charge in [-0.1, -0.05) is 12.1 Å². The number of carbonyl (C=O) groups excluding carboxylic acids is 1. The molecule has 5 heteroatoms. The molecule has 0 bridgehead atoms. The van der Waals surface area contributed by atoms with Crippen LogP contribution in [0.25, 0.3) is 0 Å². The van der Waals surface area contributed by atoms with Crippen LogP contribution in [0.1, 0.15) is 19.4 Å². The lowest BCUT2D eigenvalue weighted by Gasteiger charge is -2.18. The Balaban J connectivity index is 2.91. The number of rotatable bonds is 6. The van der Waals surface area contributed by atoms with Crippen LogP contribution in [0.4, 0.5) is 0 Å². The maximum atomic E-state index is 11.5. The highest BCUT2D eigenvalue weighted by Gasteiger charge is 2.19. The van der Waals surface area contributed by atoms with Crippen molar-refractivity contribution < 1.29 is 19.0 Å². The fraction of sp³-hybridized carbons (Fsp3) is 0.462. The Morgan fingerprint density at radius 1 is 1.44 bits per heavy atom. The standard InChI is InChI=1S/C13H19NO4/c1-4-17-13(15)9(2)18-12-10(8-14)6-5-7-11(12)16-3/h5-7,9H,4,8,14H2,1-3H3. The molecule has 18 heavy (non-hydrogen) atoms. The Kier molecular flexibility index (Phi) is 5.45. The molecule has 0 fully saturated rings. The van der Waals surface area contributed by atoms with Gasteiger partial charge in [0.1, 0.15) is 0 Å². The number of esters is 1. The third-order valence-electron chi connectivity index (χ3n) is 2.41. The van der Waals surface area contributed by atoms with Crippen LogP contribution in [0, 0.1) is 0 Å². The Morgan fingerprint density at radius 3 is 2.72 bits per heavy atom. The van der Waals surface area contributed by atoms with E-state index in [1.807, 2.05) is 12.1 Å². The van der Waals surface area contributed by atoms with Crippen LogP contribution in [0.2, 0.25) is 0 Å². The lowest BCUT2D eigenvalue weighted by Crippen LogP contribution is -2.26. The van der Waals surface area contributed by atoms with E-state index < -0.39 is 12.1 Å². The molecular formula is C13H19NO4. The maximum absolute atomic E-state index is 11.5. The summed E-state index contributed by atoms with van der Waals surface area (Å²) in [7, 11) is 1.54. The highest BCUT2D eigenvalue weighted by molar-refractivity contribution is 5.74. The fourth-order valence-electron chi connectivity index (χ4n) is 1.50. The lowest BCUT2D eigenvalue weighted by molar-refractivity contribution is -0.150. The Hall–Kier alpha value is -1.75. The second-order valence-corrected chi connectivity index (χ2v) is 3.66. The molecule has 0 aliphatic carbocycles. The smallest absolute Gasteiger partial charge is 0.347 e. The Bertz CT molecular complexity index is 384. The minimum Gasteiger partial charge on any atom is -0.493 e. The van der Waals surface area contributed by atoms with Crippen molar-refractivity contribution in [2.45, 2.75) is 26.5 Å². The van der Waals surface area contributed by atoms with Gasteiger partial charge in [0.2, 0.25) is 0 Å². The number of hydrogen-bond acceptors (Lipinski definition) is 5. The summed E-state index contributed by atoms with van der Waals surface area (Å²) in [4.78, 5) is 11.5. The van der Waals surface area contributed by atoms with Gasteiger partial charge in [0, 0.05) is 12.1 Å². The third-order valence-corrected chi connectivity index (χ3v) is 2.41. The van der Waals surface area contributed by atoms with E-state index in [9.17, 15) is 4.79 Å². The predicted molar refractivity (Wildman–Crippen MR) is 67.6 cm³/mol. The summed E-state index contributed by atoms with van der Waals surface area (Å²) in [5.74, 6) is 0.628. The summed E-state index contributed by atoms with van der Waals surface area (Å²) in [6, 6.07) is 5.41. The van der Waals surface area contributed by atoms with Gasteiger partial charge in [-0.15, -0.1) is 0 Å². The normalized spacial score (nSPS) is 11.8. The average molecular weight is 253 g/mol. The van der Waals surface area contributed by atoms with Crippen molar-refractivity contribution in [3.05, 3.63) is 23.8 Å². The molecule has 0 aliphatic rings. The van der Waals surface area contributed by atoms with Crippen LogP contribution >= 0.6 is 0 Å². The van der Waals surface area contributed by atoms with E-state index in [0.717, 1.165) is 5.56 Å². The molecule has 0 radical (unpaired) electrons. The van der Waals surface area contributed by atoms with Gasteiger partial charge in [-0.25, -0.2) is 4.79 Å². The highest BCUT2D eigenvalue weighted by Crippen LogP contribution is 2.31. The first-order valence-corrected chi connectivity index (χ1v) is 5.83. The van der Waals surface area contributed by atoms with Gasteiger partial charge < -0.3 is 19.9 Å². The van der Waals surface area contributed by atoms with Gasteiger partial charge in [-0.2, -0.15) is 0 Å². The molecule has 5 nitrogen and oxygen atoms in total. The molecule has 0 heterocycles. The van der Waals surface area contributed by atoms with Crippen LogP contribution in [-0.2, 0) is 16.1 Å². The minimum atomic E-state index is -0.702. The molecule has 2 N–H and O–H groups in total. The monoisotopic (exact) mass is 253 g/mol. The number of nitrogens with two attached hydrogens (primary N) is 1. The first kappa shape index (κ1) is 14.3. The van der Waals surface area contributed by atoms with Gasteiger partial charge in [-0.05, 0) is 19.9 Å². The summed E-state index contributed by atoms with van der Waals surface area (Å²) in [6.45, 7) is 4.01. The number of hydrogen-bond donors (Lipinski definition) is 1. The first-order valence-electron chi connectivity index (χ1n) is 5.83. The molecule has 0 aromatic heterocycles. The molecule has 100 valence electrons. The summed E-state index contributed by atoms with van der Waals surface area (Å²) in [5, 5.41) is 0. The second-order valence-electron chi connectivity index (χ2n) is 3.66. The average Bonchev–Trinajstić information content (AvgIpc) is 2.39. The van der Waals surface area contributed by atoms with E-state index in [1.54, 1.807) is 19.9 Å². The Labute approximate surface area is 107 Å². The van der Waals surface area contributed by atoms with Gasteiger partial charge in [0.25, 0.3) is 0 Å². The quantitative estimate of drug-likeness (QED) is 0.778. The zero-order valence-electron chi connectivity index (χ0n) is 10.9. The molecule has 0 saturated heterocycles. The highest BCUT2D eigenvalue weighted by atomic mass is 16.6. The minimum absolute atomic E-state index is 0.308. The van der Waals surface area contributed by atoms with Gasteiger partial charge >= 0.3 is 5.97 Å². The number of carbonyl (C=O) groups is 1. The zero-order chi connectivity index (χ0) is 13.5. The van der Waals surface area contributed by atoms with Crippen molar-refractivity contribution in [2.75, 3.05) is 13.7 Å². The molecular weight excluding hydrogens is 234 g/mol. The topological polar surface area (TPSA) is 70.8 Å². The van der Waals surface area contributed by atoms with Crippen molar-refractivity contribution >= 4 is 5.97 Å². The van der Waals surface area contributed by atoms with Crippen LogP contribution < -0.4 is 15.2 Å². The number of methoxy groups -OCH3 is 1. The molecule has 0 spiro atoms. The molecule has 0 amide bonds. The molecule has 1 aromatic carbocycles. The summed E-state index contributed by atoms with van der Waals surface area (Å²) in [6.07, 6.45) is -0.702. The molecule has 1 rings (SSSR count). The molecule has 1 aromatic rings. The van der Waals surface area contributed by atoms with E-state index in [1.165, 1.54) is 7.11 Å². The van der Waals surface area contributed by atoms with Crippen LogP contribution in [0.15, 0.2) is 18.2 Å². The summed E-state index contributed by atoms with van der Waals surface area (Å²) >= 11 is 0. The molecule has 1 unspecified atom stereocenters. The predicted octanol–water partition coefficient (Wildman–Crippen LogP) is 1.48. The van der Waals surface area contributed by atoms with Gasteiger partial charge in [0.05, 0.1) is 13.7 Å². The van der Waals surface area contributed by atoms with Crippen LogP contribution in [-0.4, -0.2) is 25.8 Å². The molecule has 0 aliphatic heterocycles. The van der Waals surface area contributed by atoms with Crippen molar-refractivity contribution in [2.24, 2.45) is 5.73 Å². The van der Waals surface area contributed by atoms with Crippen LogP contribution in [0.5, 0.6) is 11.5 Å². The largest absolute Gasteiger partial charge is 0.493 e. The van der Waals surface area contributed by atoms with E-state index in [-0.39, 0.29) is 0 Å². The van der Waals surface area contributed by atoms with Crippen molar-refractivity contribution in [3.63, 3.8) is 0 Å². The van der Waals surface area contributed by atoms with E-state index in [4.69, 9.17) is 19.9 Å². The first-order chi connectivity index (χ1) is 8.63. The SMILES string of the molecule is CCOC(=O)C(C)Oc1c(CN)cccc1OC.